The van der Waals surface area contributed by atoms with E-state index < -0.39 is 0 Å². The lowest BCUT2D eigenvalue weighted by Gasteiger charge is -2.09. The second-order valence-electron chi connectivity index (χ2n) is 4.71. The van der Waals surface area contributed by atoms with Gasteiger partial charge in [-0.25, -0.2) is 4.39 Å². The Labute approximate surface area is 121 Å². The molecule has 1 aromatic heterocycles. The number of nitrogens with two attached hydrogens (primary N) is 1. The number of halogens is 2. The summed E-state index contributed by atoms with van der Waals surface area (Å²) < 4.78 is 19.1. The van der Waals surface area contributed by atoms with Crippen molar-refractivity contribution in [2.45, 2.75) is 12.5 Å². The Kier molecular flexibility index (Phi) is 3.47. The maximum Gasteiger partial charge on any atom is 0.169 e. The van der Waals surface area contributed by atoms with Gasteiger partial charge in [0.15, 0.2) is 11.4 Å². The average molecular weight is 290 g/mol. The van der Waals surface area contributed by atoms with Crippen molar-refractivity contribution in [2.75, 3.05) is 0 Å². The molecule has 4 heteroatoms. The predicted molar refractivity (Wildman–Crippen MR) is 78.3 cm³/mol. The van der Waals surface area contributed by atoms with E-state index in [9.17, 15) is 4.39 Å². The monoisotopic (exact) mass is 289 g/mol. The molecule has 0 aliphatic carbocycles. The van der Waals surface area contributed by atoms with Crippen LogP contribution in [0, 0.1) is 5.82 Å². The Morgan fingerprint density at radius 3 is 2.70 bits per heavy atom. The normalized spacial score (nSPS) is 12.8. The molecule has 3 aromatic rings. The molecule has 3 rings (SSSR count). The summed E-state index contributed by atoms with van der Waals surface area (Å²) in [5.74, 6) is 0.184. The van der Waals surface area contributed by atoms with Gasteiger partial charge in [-0.05, 0) is 30.2 Å². The second-order valence-corrected chi connectivity index (χ2v) is 5.12. The summed E-state index contributed by atoms with van der Waals surface area (Å²) in [5.41, 5.74) is 7.33. The van der Waals surface area contributed by atoms with Gasteiger partial charge in [-0.3, -0.25) is 0 Å². The van der Waals surface area contributed by atoms with E-state index in [2.05, 4.69) is 0 Å². The highest BCUT2D eigenvalue weighted by molar-refractivity contribution is 6.31. The lowest BCUT2D eigenvalue weighted by Crippen LogP contribution is -2.12. The number of para-hydroxylation sites is 1. The van der Waals surface area contributed by atoms with E-state index in [1.54, 1.807) is 18.2 Å². The van der Waals surface area contributed by atoms with Crippen LogP contribution in [0.3, 0.4) is 0 Å². The third kappa shape index (κ3) is 2.42. The number of rotatable bonds is 3. The fourth-order valence-electron chi connectivity index (χ4n) is 2.23. The van der Waals surface area contributed by atoms with Crippen molar-refractivity contribution < 1.29 is 8.81 Å². The average Bonchev–Trinajstić information content (AvgIpc) is 2.87. The smallest absolute Gasteiger partial charge is 0.169 e. The van der Waals surface area contributed by atoms with Crippen LogP contribution in [-0.4, -0.2) is 0 Å². The SMILES string of the molecule is NC(Cc1ccccc1Cl)c1cc2cccc(F)c2o1. The van der Waals surface area contributed by atoms with Crippen LogP contribution in [0.5, 0.6) is 0 Å². The van der Waals surface area contributed by atoms with E-state index in [4.69, 9.17) is 21.8 Å². The number of hydrogen-bond donors (Lipinski definition) is 1. The van der Waals surface area contributed by atoms with Crippen molar-refractivity contribution in [3.05, 3.63) is 70.7 Å². The van der Waals surface area contributed by atoms with Crippen LogP contribution in [0.2, 0.25) is 5.02 Å². The molecule has 0 bridgehead atoms. The molecule has 0 saturated carbocycles. The zero-order chi connectivity index (χ0) is 14.1. The molecule has 0 aliphatic heterocycles. The molecule has 0 amide bonds. The van der Waals surface area contributed by atoms with Crippen molar-refractivity contribution in [3.8, 4) is 0 Å². The molecule has 1 atom stereocenters. The van der Waals surface area contributed by atoms with Crippen molar-refractivity contribution in [1.82, 2.24) is 0 Å². The van der Waals surface area contributed by atoms with Gasteiger partial charge in [0.25, 0.3) is 0 Å². The Morgan fingerprint density at radius 1 is 1.15 bits per heavy atom. The summed E-state index contributed by atoms with van der Waals surface area (Å²) in [6, 6.07) is 13.8. The first kappa shape index (κ1) is 13.2. The Bertz CT molecular complexity index is 753. The summed E-state index contributed by atoms with van der Waals surface area (Å²) in [5, 5.41) is 1.39. The molecule has 2 N–H and O–H groups in total. The molecule has 0 saturated heterocycles. The van der Waals surface area contributed by atoms with Crippen molar-refractivity contribution in [2.24, 2.45) is 5.73 Å². The Hall–Kier alpha value is -1.84. The molecular formula is C16H13ClFNO. The Balaban J connectivity index is 1.91. The minimum atomic E-state index is -0.376. The minimum Gasteiger partial charge on any atom is -0.456 e. The van der Waals surface area contributed by atoms with Gasteiger partial charge < -0.3 is 10.2 Å². The second kappa shape index (κ2) is 5.27. The largest absolute Gasteiger partial charge is 0.456 e. The molecule has 0 fully saturated rings. The summed E-state index contributed by atoms with van der Waals surface area (Å²) in [4.78, 5) is 0. The quantitative estimate of drug-likeness (QED) is 0.773. The van der Waals surface area contributed by atoms with Gasteiger partial charge in [-0.2, -0.15) is 0 Å². The summed E-state index contributed by atoms with van der Waals surface area (Å²) in [6.07, 6.45) is 0.543. The lowest BCUT2D eigenvalue weighted by atomic mass is 10.0. The van der Waals surface area contributed by atoms with Crippen LogP contribution in [0.4, 0.5) is 4.39 Å². The standard InChI is InChI=1S/C16H13ClFNO/c17-12-6-2-1-4-10(12)8-14(19)15-9-11-5-3-7-13(18)16(11)20-15/h1-7,9,14H,8,19H2. The fourth-order valence-corrected chi connectivity index (χ4v) is 2.44. The van der Waals surface area contributed by atoms with Crippen molar-refractivity contribution in [3.63, 3.8) is 0 Å². The van der Waals surface area contributed by atoms with Crippen LogP contribution in [-0.2, 0) is 6.42 Å². The number of benzene rings is 2. The summed E-state index contributed by atoms with van der Waals surface area (Å²) in [6.45, 7) is 0. The highest BCUT2D eigenvalue weighted by atomic mass is 35.5. The first-order valence-corrected chi connectivity index (χ1v) is 6.70. The number of furan rings is 1. The first-order valence-electron chi connectivity index (χ1n) is 6.32. The third-order valence-corrected chi connectivity index (χ3v) is 3.65. The maximum absolute atomic E-state index is 13.6. The molecule has 2 nitrogen and oxygen atoms in total. The van der Waals surface area contributed by atoms with Gasteiger partial charge in [-0.1, -0.05) is 41.9 Å². The highest BCUT2D eigenvalue weighted by Gasteiger charge is 2.15. The van der Waals surface area contributed by atoms with E-state index in [-0.39, 0.29) is 17.4 Å². The number of fused-ring (bicyclic) bond motifs is 1. The van der Waals surface area contributed by atoms with Crippen LogP contribution in [0.25, 0.3) is 11.0 Å². The van der Waals surface area contributed by atoms with Crippen LogP contribution in [0.1, 0.15) is 17.4 Å². The highest BCUT2D eigenvalue weighted by Crippen LogP contribution is 2.28. The van der Waals surface area contributed by atoms with Crippen molar-refractivity contribution >= 4 is 22.6 Å². The summed E-state index contributed by atoms with van der Waals surface area (Å²) in [7, 11) is 0. The lowest BCUT2D eigenvalue weighted by molar-refractivity contribution is 0.478. The van der Waals surface area contributed by atoms with Gasteiger partial charge in [0.05, 0.1) is 6.04 Å². The molecule has 102 valence electrons. The van der Waals surface area contributed by atoms with Gasteiger partial charge in [-0.15, -0.1) is 0 Å². The van der Waals surface area contributed by atoms with Crippen LogP contribution >= 0.6 is 11.6 Å². The van der Waals surface area contributed by atoms with E-state index in [0.717, 1.165) is 10.9 Å². The summed E-state index contributed by atoms with van der Waals surface area (Å²) >= 11 is 6.11. The van der Waals surface area contributed by atoms with E-state index in [1.807, 2.05) is 24.3 Å². The van der Waals surface area contributed by atoms with E-state index in [0.29, 0.717) is 17.2 Å². The molecule has 1 unspecified atom stereocenters. The zero-order valence-corrected chi connectivity index (χ0v) is 11.4. The molecular weight excluding hydrogens is 277 g/mol. The molecule has 1 heterocycles. The Morgan fingerprint density at radius 2 is 1.95 bits per heavy atom. The van der Waals surface area contributed by atoms with Gasteiger partial charge >= 0.3 is 0 Å². The van der Waals surface area contributed by atoms with Gasteiger partial charge in [0, 0.05) is 10.4 Å². The topological polar surface area (TPSA) is 39.2 Å². The number of hydrogen-bond acceptors (Lipinski definition) is 2. The van der Waals surface area contributed by atoms with Gasteiger partial charge in [0.1, 0.15) is 5.76 Å². The molecule has 2 aromatic carbocycles. The van der Waals surface area contributed by atoms with Gasteiger partial charge in [0.2, 0.25) is 0 Å². The third-order valence-electron chi connectivity index (χ3n) is 3.28. The van der Waals surface area contributed by atoms with Crippen molar-refractivity contribution in [1.29, 1.82) is 0 Å². The van der Waals surface area contributed by atoms with Crippen LogP contribution < -0.4 is 5.73 Å². The fraction of sp³-hybridized carbons (Fsp3) is 0.125. The molecule has 0 spiro atoms. The molecule has 20 heavy (non-hydrogen) atoms. The van der Waals surface area contributed by atoms with E-state index in [1.165, 1.54) is 6.07 Å². The predicted octanol–water partition coefficient (Wildman–Crippen LogP) is 4.47. The maximum atomic E-state index is 13.6. The zero-order valence-electron chi connectivity index (χ0n) is 10.6. The molecule has 0 radical (unpaired) electrons. The first-order chi connectivity index (χ1) is 9.65. The van der Waals surface area contributed by atoms with E-state index >= 15 is 0 Å². The minimum absolute atomic E-state index is 0.247. The molecule has 0 aliphatic rings. The van der Waals surface area contributed by atoms with Crippen LogP contribution in [0.15, 0.2) is 52.9 Å².